The second kappa shape index (κ2) is 10.2. The van der Waals surface area contributed by atoms with Crippen molar-refractivity contribution in [3.8, 4) is 28.4 Å². The molecule has 2 aromatic carbocycles. The topological polar surface area (TPSA) is 87.4 Å². The van der Waals surface area contributed by atoms with Crippen molar-refractivity contribution in [2.24, 2.45) is 0 Å². The highest BCUT2D eigenvalue weighted by Crippen LogP contribution is 2.35. The molecule has 8 nitrogen and oxygen atoms in total. The van der Waals surface area contributed by atoms with E-state index in [1.807, 2.05) is 43.9 Å². The Morgan fingerprint density at radius 3 is 2.62 bits per heavy atom. The van der Waals surface area contributed by atoms with Crippen LogP contribution in [0.15, 0.2) is 45.6 Å². The molecule has 0 saturated carbocycles. The van der Waals surface area contributed by atoms with Gasteiger partial charge in [-0.3, -0.25) is 9.69 Å². The minimum Gasteiger partial charge on any atom is -0.490 e. The molecule has 196 valence electrons. The van der Waals surface area contributed by atoms with Gasteiger partial charge in [0.15, 0.2) is 11.5 Å². The molecule has 2 aliphatic rings. The van der Waals surface area contributed by atoms with Crippen LogP contribution in [0.1, 0.15) is 45.8 Å². The number of carbonyl (C=O) groups excluding carboxylic acids is 1. The highest BCUT2D eigenvalue weighted by atomic mass is 16.5. The second-order valence-electron chi connectivity index (χ2n) is 10.5. The third-order valence-electron chi connectivity index (χ3n) is 6.59. The molecule has 1 saturated heterocycles. The minimum atomic E-state index is -0.367. The van der Waals surface area contributed by atoms with Crippen LogP contribution in [0.5, 0.6) is 17.2 Å². The molecule has 0 radical (unpaired) electrons. The molecule has 0 N–H and O–H groups in total. The SMILES string of the molecule is Cc1oc2cc(OC(=O)[C@@H]3CCCN3COC(C)(C)C)ccc2c(=O)c1-c1ccc2c(c1)OCCCO2. The Balaban J connectivity index is 1.38. The standard InChI is InChI=1S/C29H33NO7/c1-18-26(19-8-11-23-25(15-19)34-14-6-13-33-23)27(31)21-10-9-20(16-24(21)36-18)37-28(32)22-7-5-12-30(22)17-35-29(2,3)4/h8-11,15-16,22H,5-7,12-14,17H2,1-4H3/t22-/m0/s1. The normalized spacial score (nSPS) is 18.1. The molecule has 3 heterocycles. The van der Waals surface area contributed by atoms with Crippen molar-refractivity contribution in [3.05, 3.63) is 52.4 Å². The van der Waals surface area contributed by atoms with Crippen molar-refractivity contribution in [3.63, 3.8) is 0 Å². The quantitative estimate of drug-likeness (QED) is 0.349. The van der Waals surface area contributed by atoms with Crippen molar-refractivity contribution < 1.29 is 28.2 Å². The fourth-order valence-corrected chi connectivity index (χ4v) is 4.71. The summed E-state index contributed by atoms with van der Waals surface area (Å²) >= 11 is 0. The first kappa shape index (κ1) is 25.3. The van der Waals surface area contributed by atoms with Crippen LogP contribution < -0.4 is 19.6 Å². The average Bonchev–Trinajstić information content (AvgIpc) is 3.20. The molecule has 0 unspecified atom stereocenters. The molecule has 1 aromatic heterocycles. The molecule has 8 heteroatoms. The van der Waals surface area contributed by atoms with E-state index in [0.717, 1.165) is 19.4 Å². The molecule has 1 fully saturated rings. The number of nitrogens with zero attached hydrogens (tertiary/aromatic N) is 1. The molecule has 0 aliphatic carbocycles. The summed E-state index contributed by atoms with van der Waals surface area (Å²) in [5, 5.41) is 0.411. The van der Waals surface area contributed by atoms with Gasteiger partial charge in [-0.05, 0) is 70.4 Å². The van der Waals surface area contributed by atoms with E-state index in [1.54, 1.807) is 25.1 Å². The van der Waals surface area contributed by atoms with Crippen LogP contribution in [-0.4, -0.2) is 49.0 Å². The fourth-order valence-electron chi connectivity index (χ4n) is 4.71. The van der Waals surface area contributed by atoms with Crippen molar-refractivity contribution >= 4 is 16.9 Å². The van der Waals surface area contributed by atoms with Crippen molar-refractivity contribution in [2.75, 3.05) is 26.5 Å². The maximum Gasteiger partial charge on any atom is 0.328 e. The summed E-state index contributed by atoms with van der Waals surface area (Å²) in [7, 11) is 0. The van der Waals surface area contributed by atoms with E-state index >= 15 is 0 Å². The number of fused-ring (bicyclic) bond motifs is 2. The number of hydrogen-bond acceptors (Lipinski definition) is 8. The molecule has 0 amide bonds. The molecule has 37 heavy (non-hydrogen) atoms. The Kier molecular flexibility index (Phi) is 6.96. The summed E-state index contributed by atoms with van der Waals surface area (Å²) in [5.74, 6) is 1.76. The van der Waals surface area contributed by atoms with Gasteiger partial charge in [-0.1, -0.05) is 6.07 Å². The predicted octanol–water partition coefficient (Wildman–Crippen LogP) is 5.07. The van der Waals surface area contributed by atoms with E-state index in [4.69, 9.17) is 23.4 Å². The Morgan fingerprint density at radius 1 is 1.05 bits per heavy atom. The summed E-state index contributed by atoms with van der Waals surface area (Å²) in [5.41, 5.74) is 1.08. The molecule has 0 spiro atoms. The maximum absolute atomic E-state index is 13.5. The highest BCUT2D eigenvalue weighted by Gasteiger charge is 2.33. The lowest BCUT2D eigenvalue weighted by Crippen LogP contribution is -2.41. The number of likely N-dealkylation sites (tertiary alicyclic amines) is 1. The zero-order valence-corrected chi connectivity index (χ0v) is 21.8. The van der Waals surface area contributed by atoms with Crippen molar-refractivity contribution in [2.45, 2.75) is 58.6 Å². The molecule has 3 aromatic rings. The summed E-state index contributed by atoms with van der Waals surface area (Å²) in [4.78, 5) is 28.4. The Labute approximate surface area is 216 Å². The highest BCUT2D eigenvalue weighted by molar-refractivity contribution is 5.85. The van der Waals surface area contributed by atoms with Crippen LogP contribution in [0.3, 0.4) is 0 Å². The first-order valence-corrected chi connectivity index (χ1v) is 12.8. The molecular formula is C29H33NO7. The Hall–Kier alpha value is -3.36. The largest absolute Gasteiger partial charge is 0.490 e. The predicted molar refractivity (Wildman–Crippen MR) is 139 cm³/mol. The molecule has 1 atom stereocenters. The number of ether oxygens (including phenoxy) is 4. The van der Waals surface area contributed by atoms with Gasteiger partial charge in [0, 0.05) is 19.0 Å². The lowest BCUT2D eigenvalue weighted by molar-refractivity contribution is -0.143. The lowest BCUT2D eigenvalue weighted by Gasteiger charge is -2.27. The average molecular weight is 508 g/mol. The van der Waals surface area contributed by atoms with Crippen LogP contribution in [0.4, 0.5) is 0 Å². The van der Waals surface area contributed by atoms with E-state index in [-0.39, 0.29) is 23.0 Å². The van der Waals surface area contributed by atoms with Crippen LogP contribution >= 0.6 is 0 Å². The number of rotatable bonds is 5. The number of hydrogen-bond donors (Lipinski definition) is 0. The molecule has 0 bridgehead atoms. The molecular weight excluding hydrogens is 474 g/mol. The minimum absolute atomic E-state index is 0.160. The molecule has 2 aliphatic heterocycles. The summed E-state index contributed by atoms with van der Waals surface area (Å²) in [6.07, 6.45) is 2.42. The van der Waals surface area contributed by atoms with Gasteiger partial charge < -0.3 is 23.4 Å². The zero-order chi connectivity index (χ0) is 26.2. The van der Waals surface area contributed by atoms with Gasteiger partial charge in [0.2, 0.25) is 5.43 Å². The molecule has 5 rings (SSSR count). The van der Waals surface area contributed by atoms with Crippen LogP contribution in [-0.2, 0) is 9.53 Å². The summed E-state index contributed by atoms with van der Waals surface area (Å²) < 4.78 is 29.1. The summed E-state index contributed by atoms with van der Waals surface area (Å²) in [6, 6.07) is 9.99. The Bertz CT molecular complexity index is 1370. The van der Waals surface area contributed by atoms with Crippen molar-refractivity contribution in [1.82, 2.24) is 4.90 Å². The summed E-state index contributed by atoms with van der Waals surface area (Å²) in [6.45, 7) is 10.0. The number of esters is 1. The third kappa shape index (κ3) is 5.50. The fraction of sp³-hybridized carbons (Fsp3) is 0.448. The number of carbonyl (C=O) groups is 1. The van der Waals surface area contributed by atoms with Crippen LogP contribution in [0.25, 0.3) is 22.1 Å². The number of aryl methyl sites for hydroxylation is 1. The van der Waals surface area contributed by atoms with Gasteiger partial charge in [-0.2, -0.15) is 0 Å². The lowest BCUT2D eigenvalue weighted by atomic mass is 10.0. The first-order chi connectivity index (χ1) is 17.7. The smallest absolute Gasteiger partial charge is 0.328 e. The zero-order valence-electron chi connectivity index (χ0n) is 21.8. The van der Waals surface area contributed by atoms with Crippen LogP contribution in [0.2, 0.25) is 0 Å². The van der Waals surface area contributed by atoms with E-state index < -0.39 is 0 Å². The Morgan fingerprint density at radius 2 is 1.84 bits per heavy atom. The van der Waals surface area contributed by atoms with Gasteiger partial charge in [0.25, 0.3) is 0 Å². The van der Waals surface area contributed by atoms with Gasteiger partial charge in [0.1, 0.15) is 29.9 Å². The first-order valence-electron chi connectivity index (χ1n) is 12.8. The monoisotopic (exact) mass is 507 g/mol. The van der Waals surface area contributed by atoms with Gasteiger partial charge in [0.05, 0.1) is 29.8 Å². The van der Waals surface area contributed by atoms with E-state index in [2.05, 4.69) is 0 Å². The van der Waals surface area contributed by atoms with Gasteiger partial charge in [-0.15, -0.1) is 0 Å². The van der Waals surface area contributed by atoms with Gasteiger partial charge >= 0.3 is 5.97 Å². The third-order valence-corrected chi connectivity index (χ3v) is 6.59. The van der Waals surface area contributed by atoms with Crippen LogP contribution in [0, 0.1) is 6.92 Å². The van der Waals surface area contributed by atoms with Gasteiger partial charge in [-0.25, -0.2) is 4.79 Å². The van der Waals surface area contributed by atoms with E-state index in [1.165, 1.54) is 0 Å². The van der Waals surface area contributed by atoms with Crippen molar-refractivity contribution in [1.29, 1.82) is 0 Å². The van der Waals surface area contributed by atoms with E-state index in [9.17, 15) is 9.59 Å². The maximum atomic E-state index is 13.5. The van der Waals surface area contributed by atoms with E-state index in [0.29, 0.717) is 71.5 Å². The number of benzene rings is 2. The second-order valence-corrected chi connectivity index (χ2v) is 10.5.